The maximum Gasteiger partial charge on any atom is 0.253 e. The Labute approximate surface area is 182 Å². The molecule has 4 rings (SSSR count). The van der Waals surface area contributed by atoms with Crippen LogP contribution in [0.25, 0.3) is 0 Å². The van der Waals surface area contributed by atoms with Crippen LogP contribution in [0, 0.1) is 13.8 Å². The predicted octanol–water partition coefficient (Wildman–Crippen LogP) is 1.41. The minimum Gasteiger partial charge on any atom is -0.472 e. The van der Waals surface area contributed by atoms with Crippen molar-refractivity contribution >= 4 is 15.9 Å². The van der Waals surface area contributed by atoms with Gasteiger partial charge in [-0.2, -0.15) is 9.29 Å². The van der Waals surface area contributed by atoms with E-state index in [1.807, 2.05) is 13.8 Å². The summed E-state index contributed by atoms with van der Waals surface area (Å²) in [5.41, 5.74) is 1.29. The molecule has 2 fully saturated rings. The zero-order chi connectivity index (χ0) is 22.0. The minimum atomic E-state index is -3.58. The Kier molecular flexibility index (Phi) is 6.22. The van der Waals surface area contributed by atoms with Gasteiger partial charge in [-0.25, -0.2) is 13.4 Å². The number of carbonyl (C=O) groups is 1. The number of hydrogen-bond acceptors (Lipinski definition) is 7. The molecule has 2 aliphatic rings. The Morgan fingerprint density at radius 2 is 1.81 bits per heavy atom. The summed E-state index contributed by atoms with van der Waals surface area (Å²) < 4.78 is 38.0. The second-order valence-electron chi connectivity index (χ2n) is 7.72. The molecule has 9 nitrogen and oxygen atoms in total. The van der Waals surface area contributed by atoms with Gasteiger partial charge in [-0.15, -0.1) is 0 Å². The van der Waals surface area contributed by atoms with E-state index in [4.69, 9.17) is 9.47 Å². The lowest BCUT2D eigenvalue weighted by Crippen LogP contribution is -2.40. The van der Waals surface area contributed by atoms with E-state index in [0.29, 0.717) is 63.1 Å². The van der Waals surface area contributed by atoms with Crippen molar-refractivity contribution < 1.29 is 22.7 Å². The molecule has 0 radical (unpaired) electrons. The number of carbonyl (C=O) groups excluding carboxylic acids is 1. The molecule has 10 heteroatoms. The number of sulfonamides is 1. The predicted molar refractivity (Wildman–Crippen MR) is 112 cm³/mol. The molecule has 0 N–H and O–H groups in total. The molecule has 166 valence electrons. The number of likely N-dealkylation sites (tertiary alicyclic amines) is 1. The van der Waals surface area contributed by atoms with E-state index in [1.165, 1.54) is 16.4 Å². The van der Waals surface area contributed by atoms with Crippen molar-refractivity contribution in [3.63, 3.8) is 0 Å². The normalized spacial score (nSPS) is 20.1. The van der Waals surface area contributed by atoms with Gasteiger partial charge in [0.05, 0.1) is 24.7 Å². The third-order valence-electron chi connectivity index (χ3n) is 5.37. The van der Waals surface area contributed by atoms with Crippen molar-refractivity contribution in [1.29, 1.82) is 0 Å². The Bertz CT molecular complexity index is 1030. The molecule has 1 atom stereocenters. The highest BCUT2D eigenvalue weighted by atomic mass is 32.2. The lowest BCUT2D eigenvalue weighted by atomic mass is 10.2. The number of aromatic nitrogens is 2. The molecule has 2 saturated heterocycles. The van der Waals surface area contributed by atoms with Crippen LogP contribution in [0.3, 0.4) is 0 Å². The summed E-state index contributed by atoms with van der Waals surface area (Å²) in [5.74, 6) is 1.02. The van der Waals surface area contributed by atoms with E-state index in [1.54, 1.807) is 23.1 Å². The number of amides is 1. The number of ether oxygens (including phenoxy) is 2. The molecule has 2 aliphatic heterocycles. The summed E-state index contributed by atoms with van der Waals surface area (Å²) in [5, 5.41) is 0. The van der Waals surface area contributed by atoms with Crippen LogP contribution in [0.2, 0.25) is 0 Å². The first-order valence-corrected chi connectivity index (χ1v) is 11.7. The Morgan fingerprint density at radius 3 is 2.48 bits per heavy atom. The van der Waals surface area contributed by atoms with Crippen LogP contribution in [-0.4, -0.2) is 79.0 Å². The average Bonchev–Trinajstić information content (AvgIpc) is 3.21. The van der Waals surface area contributed by atoms with Crippen LogP contribution >= 0.6 is 0 Å². The fourth-order valence-corrected chi connectivity index (χ4v) is 5.22. The molecule has 3 heterocycles. The number of benzene rings is 1. The number of rotatable bonds is 5. The molecule has 0 aliphatic carbocycles. The highest BCUT2D eigenvalue weighted by Crippen LogP contribution is 2.21. The Balaban J connectivity index is 1.39. The van der Waals surface area contributed by atoms with E-state index < -0.39 is 10.0 Å². The quantitative estimate of drug-likeness (QED) is 0.684. The van der Waals surface area contributed by atoms with E-state index in [-0.39, 0.29) is 16.9 Å². The molecule has 1 unspecified atom stereocenters. The van der Waals surface area contributed by atoms with Crippen molar-refractivity contribution in [3.05, 3.63) is 47.4 Å². The van der Waals surface area contributed by atoms with Crippen molar-refractivity contribution in [2.45, 2.75) is 31.3 Å². The van der Waals surface area contributed by atoms with Gasteiger partial charge in [0.1, 0.15) is 11.9 Å². The van der Waals surface area contributed by atoms with Gasteiger partial charge in [0.2, 0.25) is 15.9 Å². The molecule has 2 aromatic rings. The fourth-order valence-electron chi connectivity index (χ4n) is 3.81. The smallest absolute Gasteiger partial charge is 0.253 e. The molecule has 31 heavy (non-hydrogen) atoms. The SMILES string of the molecule is Cc1cc(OC2CCN(C(=O)c3ccc(S(=O)(=O)N4CCOCC4)cc3)C2)nc(C)n1. The van der Waals surface area contributed by atoms with E-state index in [2.05, 4.69) is 9.97 Å². The zero-order valence-corrected chi connectivity index (χ0v) is 18.5. The number of nitrogens with zero attached hydrogens (tertiary/aromatic N) is 4. The van der Waals surface area contributed by atoms with E-state index >= 15 is 0 Å². The van der Waals surface area contributed by atoms with Gasteiger partial charge in [0.15, 0.2) is 0 Å². The largest absolute Gasteiger partial charge is 0.472 e. The van der Waals surface area contributed by atoms with E-state index in [9.17, 15) is 13.2 Å². The Hall–Kier alpha value is -2.56. The molecular weight excluding hydrogens is 420 g/mol. The van der Waals surface area contributed by atoms with Gasteiger partial charge in [-0.3, -0.25) is 4.79 Å². The number of morpholine rings is 1. The van der Waals surface area contributed by atoms with Crippen molar-refractivity contribution in [2.75, 3.05) is 39.4 Å². The van der Waals surface area contributed by atoms with Gasteiger partial charge in [-0.05, 0) is 38.1 Å². The van der Waals surface area contributed by atoms with Crippen LogP contribution in [0.5, 0.6) is 5.88 Å². The number of hydrogen-bond donors (Lipinski definition) is 0. The molecule has 0 spiro atoms. The molecule has 1 aromatic heterocycles. The standard InChI is InChI=1S/C21H26N4O5S/c1-15-13-20(23-16(2)22-15)30-18-7-8-24(14-18)21(26)17-3-5-19(6-4-17)31(27,28)25-9-11-29-12-10-25/h3-6,13,18H,7-12,14H2,1-2H3. The van der Waals surface area contributed by atoms with Crippen LogP contribution in [-0.2, 0) is 14.8 Å². The highest BCUT2D eigenvalue weighted by molar-refractivity contribution is 7.89. The van der Waals surface area contributed by atoms with Gasteiger partial charge >= 0.3 is 0 Å². The minimum absolute atomic E-state index is 0.140. The summed E-state index contributed by atoms with van der Waals surface area (Å²) in [7, 11) is -3.58. The monoisotopic (exact) mass is 446 g/mol. The van der Waals surface area contributed by atoms with Crippen LogP contribution in [0.1, 0.15) is 28.3 Å². The summed E-state index contributed by atoms with van der Waals surface area (Å²) >= 11 is 0. The maximum atomic E-state index is 12.9. The van der Waals surface area contributed by atoms with Crippen molar-refractivity contribution in [1.82, 2.24) is 19.2 Å². The second kappa shape index (κ2) is 8.89. The maximum absolute atomic E-state index is 12.9. The molecule has 0 saturated carbocycles. The number of aryl methyl sites for hydroxylation is 2. The van der Waals surface area contributed by atoms with Gasteiger partial charge in [-0.1, -0.05) is 0 Å². The molecular formula is C21H26N4O5S. The van der Waals surface area contributed by atoms with Gasteiger partial charge in [0, 0.05) is 43.4 Å². The first kappa shape index (κ1) is 21.7. The highest BCUT2D eigenvalue weighted by Gasteiger charge is 2.30. The van der Waals surface area contributed by atoms with E-state index in [0.717, 1.165) is 5.69 Å². The van der Waals surface area contributed by atoms with Gasteiger partial charge < -0.3 is 14.4 Å². The zero-order valence-electron chi connectivity index (χ0n) is 17.7. The molecule has 1 amide bonds. The summed E-state index contributed by atoms with van der Waals surface area (Å²) in [6, 6.07) is 7.91. The topological polar surface area (TPSA) is 102 Å². The summed E-state index contributed by atoms with van der Waals surface area (Å²) in [4.78, 5) is 23.3. The summed E-state index contributed by atoms with van der Waals surface area (Å²) in [6.45, 7) is 6.18. The molecule has 1 aromatic carbocycles. The fraction of sp³-hybridized carbons (Fsp3) is 0.476. The third kappa shape index (κ3) is 4.86. The van der Waals surface area contributed by atoms with Crippen LogP contribution in [0.15, 0.2) is 35.2 Å². The molecule has 0 bridgehead atoms. The van der Waals surface area contributed by atoms with Gasteiger partial charge in [0.25, 0.3) is 5.91 Å². The van der Waals surface area contributed by atoms with Crippen LogP contribution < -0.4 is 4.74 Å². The first-order chi connectivity index (χ1) is 14.8. The average molecular weight is 447 g/mol. The Morgan fingerprint density at radius 1 is 1.10 bits per heavy atom. The van der Waals surface area contributed by atoms with Crippen molar-refractivity contribution in [2.24, 2.45) is 0 Å². The second-order valence-corrected chi connectivity index (χ2v) is 9.65. The third-order valence-corrected chi connectivity index (χ3v) is 7.28. The van der Waals surface area contributed by atoms with Crippen molar-refractivity contribution in [3.8, 4) is 5.88 Å². The van der Waals surface area contributed by atoms with Crippen LogP contribution in [0.4, 0.5) is 0 Å². The summed E-state index contributed by atoms with van der Waals surface area (Å²) in [6.07, 6.45) is 0.566. The first-order valence-electron chi connectivity index (χ1n) is 10.3. The lowest BCUT2D eigenvalue weighted by Gasteiger charge is -2.26. The lowest BCUT2D eigenvalue weighted by molar-refractivity contribution is 0.0730.